The van der Waals surface area contributed by atoms with E-state index in [0.717, 1.165) is 0 Å². The van der Waals surface area contributed by atoms with E-state index < -0.39 is 0 Å². The summed E-state index contributed by atoms with van der Waals surface area (Å²) in [5.41, 5.74) is 5.04. The predicted octanol–water partition coefficient (Wildman–Crippen LogP) is 8.27. The highest BCUT2D eigenvalue weighted by Crippen LogP contribution is 2.75. The molecule has 0 saturated heterocycles. The number of rotatable bonds is 2. The molecule has 0 fully saturated rings. The molecule has 0 heteroatoms. The molecule has 0 amide bonds. The van der Waals surface area contributed by atoms with Gasteiger partial charge in [0.1, 0.15) is 0 Å². The van der Waals surface area contributed by atoms with Gasteiger partial charge < -0.3 is 0 Å². The van der Waals surface area contributed by atoms with Crippen LogP contribution in [0.2, 0.25) is 0 Å². The number of hydrogen-bond donors (Lipinski definition) is 0. The van der Waals surface area contributed by atoms with Crippen LogP contribution in [0.4, 0.5) is 0 Å². The second kappa shape index (κ2) is 6.22. The van der Waals surface area contributed by atoms with Crippen LogP contribution in [-0.4, -0.2) is 0 Å². The van der Waals surface area contributed by atoms with Crippen molar-refractivity contribution in [1.29, 1.82) is 0 Å². The Hall–Kier alpha value is -2.60. The smallest absolute Gasteiger partial charge is 0.0476 e. The first-order chi connectivity index (χ1) is 14.6. The third kappa shape index (κ3) is 2.21. The van der Waals surface area contributed by atoms with E-state index in [1.165, 1.54) is 22.3 Å². The standard InChI is InChI=1S/C31H34/c1-27(2,3)29(19-11-12-20-29)31(30(28(4,5)6)21-13-14-22-30)25-17-9-7-15-23(25)24-16-8-10-18-26(24)31/h7-22H,1-6H3. The average molecular weight is 407 g/mol. The lowest BCUT2D eigenvalue weighted by atomic mass is 9.38. The van der Waals surface area contributed by atoms with Crippen molar-refractivity contribution in [1.82, 2.24) is 0 Å². The van der Waals surface area contributed by atoms with Gasteiger partial charge in [0.15, 0.2) is 0 Å². The van der Waals surface area contributed by atoms with Gasteiger partial charge >= 0.3 is 0 Å². The van der Waals surface area contributed by atoms with Gasteiger partial charge in [0.25, 0.3) is 0 Å². The van der Waals surface area contributed by atoms with E-state index in [4.69, 9.17) is 0 Å². The van der Waals surface area contributed by atoms with E-state index in [9.17, 15) is 0 Å². The molecular formula is C31H34. The van der Waals surface area contributed by atoms with Crippen molar-refractivity contribution in [3.05, 3.63) is 108 Å². The summed E-state index contributed by atoms with van der Waals surface area (Å²) >= 11 is 0. The second-order valence-electron chi connectivity index (χ2n) is 11.5. The largest absolute Gasteiger partial charge is 0.0728 e. The zero-order valence-corrected chi connectivity index (χ0v) is 19.7. The number of fused-ring (bicyclic) bond motifs is 3. The van der Waals surface area contributed by atoms with Crippen LogP contribution in [-0.2, 0) is 5.41 Å². The maximum absolute atomic E-state index is 2.50. The second-order valence-corrected chi connectivity index (χ2v) is 11.5. The van der Waals surface area contributed by atoms with E-state index in [-0.39, 0.29) is 27.1 Å². The molecule has 0 atom stereocenters. The van der Waals surface area contributed by atoms with Crippen LogP contribution in [0.5, 0.6) is 0 Å². The molecule has 0 aromatic heterocycles. The fourth-order valence-electron chi connectivity index (χ4n) is 7.03. The van der Waals surface area contributed by atoms with Gasteiger partial charge in [0, 0.05) is 16.2 Å². The fourth-order valence-corrected chi connectivity index (χ4v) is 7.03. The van der Waals surface area contributed by atoms with E-state index in [1.807, 2.05) is 0 Å². The fraction of sp³-hybridized carbons (Fsp3) is 0.355. The minimum Gasteiger partial charge on any atom is -0.0728 e. The van der Waals surface area contributed by atoms with Crippen LogP contribution in [0.3, 0.4) is 0 Å². The number of hydrogen-bond acceptors (Lipinski definition) is 0. The molecule has 0 bridgehead atoms. The molecule has 0 aliphatic heterocycles. The van der Waals surface area contributed by atoms with E-state index in [2.05, 4.69) is 139 Å². The van der Waals surface area contributed by atoms with Gasteiger partial charge in [-0.3, -0.25) is 0 Å². The third-order valence-corrected chi connectivity index (χ3v) is 8.33. The third-order valence-electron chi connectivity index (χ3n) is 8.33. The summed E-state index contributed by atoms with van der Waals surface area (Å²) in [5.74, 6) is 0. The monoisotopic (exact) mass is 406 g/mol. The highest BCUT2D eigenvalue weighted by atomic mass is 14.7. The molecule has 0 saturated carbocycles. The van der Waals surface area contributed by atoms with Gasteiger partial charge in [-0.2, -0.15) is 0 Å². The first kappa shape index (κ1) is 20.3. The molecule has 158 valence electrons. The molecule has 3 aliphatic carbocycles. The maximum atomic E-state index is 2.50. The van der Waals surface area contributed by atoms with Crippen LogP contribution in [0.15, 0.2) is 97.1 Å². The average Bonchev–Trinajstić information content (AvgIpc) is 3.44. The zero-order chi connectivity index (χ0) is 22.1. The Bertz CT molecular complexity index is 1030. The molecule has 3 aliphatic rings. The lowest BCUT2D eigenvalue weighted by molar-refractivity contribution is 0.00349. The van der Waals surface area contributed by atoms with Gasteiger partial charge in [-0.1, -0.05) is 139 Å². The molecule has 0 radical (unpaired) electrons. The Balaban J connectivity index is 2.07. The van der Waals surface area contributed by atoms with E-state index >= 15 is 0 Å². The summed E-state index contributed by atoms with van der Waals surface area (Å²) in [6, 6.07) is 18.3. The first-order valence-corrected chi connectivity index (χ1v) is 11.6. The van der Waals surface area contributed by atoms with Gasteiger partial charge in [0.05, 0.1) is 0 Å². The summed E-state index contributed by atoms with van der Waals surface area (Å²) in [6.07, 6.45) is 19.1. The van der Waals surface area contributed by atoms with Crippen molar-refractivity contribution in [2.45, 2.75) is 47.0 Å². The normalized spacial score (nSPS) is 21.5. The lowest BCUT2D eigenvalue weighted by Crippen LogP contribution is -2.62. The highest BCUT2D eigenvalue weighted by Gasteiger charge is 2.70. The predicted molar refractivity (Wildman–Crippen MR) is 133 cm³/mol. The quantitative estimate of drug-likeness (QED) is 0.471. The molecule has 2 aromatic rings. The molecule has 0 N–H and O–H groups in total. The van der Waals surface area contributed by atoms with Crippen molar-refractivity contribution >= 4 is 0 Å². The van der Waals surface area contributed by atoms with Crippen LogP contribution >= 0.6 is 0 Å². The molecule has 0 spiro atoms. The molecule has 31 heavy (non-hydrogen) atoms. The molecule has 0 heterocycles. The van der Waals surface area contributed by atoms with Crippen LogP contribution in [0.1, 0.15) is 52.7 Å². The van der Waals surface area contributed by atoms with Gasteiger partial charge in [-0.25, -0.2) is 0 Å². The molecule has 2 aromatic carbocycles. The van der Waals surface area contributed by atoms with Crippen molar-refractivity contribution < 1.29 is 0 Å². The van der Waals surface area contributed by atoms with Crippen LogP contribution in [0, 0.1) is 21.7 Å². The topological polar surface area (TPSA) is 0 Å². The minimum atomic E-state index is -0.267. The molecule has 5 rings (SSSR count). The van der Waals surface area contributed by atoms with Crippen molar-refractivity contribution in [2.24, 2.45) is 21.7 Å². The summed E-state index contributed by atoms with van der Waals surface area (Å²) < 4.78 is 0. The molecule has 0 unspecified atom stereocenters. The Morgan fingerprint density at radius 3 is 1.13 bits per heavy atom. The molecule has 0 nitrogen and oxygen atoms in total. The van der Waals surface area contributed by atoms with E-state index in [1.54, 1.807) is 0 Å². The molecular weight excluding hydrogens is 372 g/mol. The Morgan fingerprint density at radius 1 is 0.484 bits per heavy atom. The van der Waals surface area contributed by atoms with Crippen molar-refractivity contribution in [2.75, 3.05) is 0 Å². The summed E-state index contributed by atoms with van der Waals surface area (Å²) in [6.45, 7) is 14.5. The van der Waals surface area contributed by atoms with E-state index in [0.29, 0.717) is 0 Å². The number of benzene rings is 2. The SMILES string of the molecule is CC(C)(C)C1(C2(C3(C(C)(C)C)C=CC=C3)c3ccccc3-c3ccccc32)C=CC=C1. The first-order valence-electron chi connectivity index (χ1n) is 11.6. The lowest BCUT2D eigenvalue weighted by Gasteiger charge is -2.64. The Morgan fingerprint density at radius 2 is 0.806 bits per heavy atom. The Labute approximate surface area is 188 Å². The van der Waals surface area contributed by atoms with Crippen molar-refractivity contribution in [3.63, 3.8) is 0 Å². The van der Waals surface area contributed by atoms with Crippen LogP contribution < -0.4 is 0 Å². The van der Waals surface area contributed by atoms with Gasteiger partial charge in [-0.05, 0) is 33.1 Å². The number of allylic oxidation sites excluding steroid dienone is 8. The van der Waals surface area contributed by atoms with Gasteiger partial charge in [-0.15, -0.1) is 0 Å². The summed E-state index contributed by atoms with van der Waals surface area (Å²) in [7, 11) is 0. The van der Waals surface area contributed by atoms with Gasteiger partial charge in [0.2, 0.25) is 0 Å². The summed E-state index contributed by atoms with van der Waals surface area (Å²) in [4.78, 5) is 0. The maximum Gasteiger partial charge on any atom is 0.0476 e. The zero-order valence-electron chi connectivity index (χ0n) is 19.7. The summed E-state index contributed by atoms with van der Waals surface area (Å²) in [5, 5.41) is 0. The Kier molecular flexibility index (Phi) is 4.08. The minimum absolute atomic E-state index is 0.00355. The highest BCUT2D eigenvalue weighted by molar-refractivity contribution is 5.84. The van der Waals surface area contributed by atoms with Crippen molar-refractivity contribution in [3.8, 4) is 11.1 Å². The van der Waals surface area contributed by atoms with Crippen LogP contribution in [0.25, 0.3) is 11.1 Å².